The van der Waals surface area contributed by atoms with Crippen molar-refractivity contribution >= 4 is 5.97 Å². The lowest BCUT2D eigenvalue weighted by molar-refractivity contribution is -0.149. The SMILES string of the molecule is C[C@@H](O)C(N)C(=O)OCc1ccccc1. The first-order valence-corrected chi connectivity index (χ1v) is 4.75. The highest BCUT2D eigenvalue weighted by molar-refractivity contribution is 5.76. The van der Waals surface area contributed by atoms with Crippen molar-refractivity contribution in [2.24, 2.45) is 5.73 Å². The smallest absolute Gasteiger partial charge is 0.325 e. The Morgan fingerprint density at radius 1 is 1.47 bits per heavy atom. The van der Waals surface area contributed by atoms with Gasteiger partial charge in [-0.25, -0.2) is 0 Å². The van der Waals surface area contributed by atoms with Gasteiger partial charge in [0.15, 0.2) is 0 Å². The minimum Gasteiger partial charge on any atom is -0.460 e. The summed E-state index contributed by atoms with van der Waals surface area (Å²) in [6, 6.07) is 8.32. The van der Waals surface area contributed by atoms with E-state index in [1.807, 2.05) is 30.3 Å². The number of carbonyl (C=O) groups excluding carboxylic acids is 1. The molecule has 82 valence electrons. The number of hydrogen-bond acceptors (Lipinski definition) is 4. The third kappa shape index (κ3) is 3.69. The van der Waals surface area contributed by atoms with Crippen molar-refractivity contribution in [3.8, 4) is 0 Å². The quantitative estimate of drug-likeness (QED) is 0.706. The summed E-state index contributed by atoms with van der Waals surface area (Å²) >= 11 is 0. The van der Waals surface area contributed by atoms with Crippen LogP contribution >= 0.6 is 0 Å². The van der Waals surface area contributed by atoms with E-state index < -0.39 is 18.1 Å². The van der Waals surface area contributed by atoms with Crippen molar-refractivity contribution in [1.29, 1.82) is 0 Å². The van der Waals surface area contributed by atoms with Gasteiger partial charge in [-0.2, -0.15) is 0 Å². The van der Waals surface area contributed by atoms with Crippen LogP contribution in [0.5, 0.6) is 0 Å². The lowest BCUT2D eigenvalue weighted by Gasteiger charge is -2.13. The molecular formula is C11H15NO3. The third-order valence-electron chi connectivity index (χ3n) is 2.02. The summed E-state index contributed by atoms with van der Waals surface area (Å²) in [6.07, 6.45) is -0.895. The fourth-order valence-electron chi connectivity index (χ4n) is 1.02. The molecule has 0 aromatic heterocycles. The second-order valence-corrected chi connectivity index (χ2v) is 3.36. The minimum atomic E-state index is -0.978. The standard InChI is InChI=1S/C11H15NO3/c1-8(13)10(12)11(14)15-7-9-5-3-2-4-6-9/h2-6,8,10,13H,7,12H2,1H3/t8-,10?/m1/s1. The van der Waals surface area contributed by atoms with Gasteiger partial charge in [0.25, 0.3) is 0 Å². The summed E-state index contributed by atoms with van der Waals surface area (Å²) in [7, 11) is 0. The van der Waals surface area contributed by atoms with Crippen molar-refractivity contribution < 1.29 is 14.6 Å². The van der Waals surface area contributed by atoms with Crippen LogP contribution in [0, 0.1) is 0 Å². The van der Waals surface area contributed by atoms with Crippen molar-refractivity contribution in [2.75, 3.05) is 0 Å². The van der Waals surface area contributed by atoms with Gasteiger partial charge >= 0.3 is 5.97 Å². The Bertz CT molecular complexity index is 311. The topological polar surface area (TPSA) is 72.5 Å². The number of esters is 1. The molecular weight excluding hydrogens is 194 g/mol. The van der Waals surface area contributed by atoms with Gasteiger partial charge < -0.3 is 15.6 Å². The van der Waals surface area contributed by atoms with Crippen LogP contribution in [0.1, 0.15) is 12.5 Å². The summed E-state index contributed by atoms with van der Waals surface area (Å²) in [6.45, 7) is 1.63. The lowest BCUT2D eigenvalue weighted by Crippen LogP contribution is -2.41. The highest BCUT2D eigenvalue weighted by Gasteiger charge is 2.19. The molecule has 1 aromatic carbocycles. The number of benzene rings is 1. The Morgan fingerprint density at radius 3 is 2.60 bits per heavy atom. The second kappa shape index (κ2) is 5.48. The van der Waals surface area contributed by atoms with Crippen LogP contribution in [0.25, 0.3) is 0 Å². The average Bonchev–Trinajstić information content (AvgIpc) is 2.26. The van der Waals surface area contributed by atoms with Crippen LogP contribution in [-0.4, -0.2) is 23.2 Å². The molecule has 0 fully saturated rings. The summed E-state index contributed by atoms with van der Waals surface area (Å²) in [4.78, 5) is 11.3. The molecule has 0 spiro atoms. The van der Waals surface area contributed by atoms with E-state index in [2.05, 4.69) is 0 Å². The Balaban J connectivity index is 2.41. The zero-order chi connectivity index (χ0) is 11.3. The first-order chi connectivity index (χ1) is 7.11. The van der Waals surface area contributed by atoms with Gasteiger partial charge in [0.2, 0.25) is 0 Å². The highest BCUT2D eigenvalue weighted by atomic mass is 16.5. The molecule has 0 aliphatic rings. The van der Waals surface area contributed by atoms with E-state index in [1.165, 1.54) is 6.92 Å². The summed E-state index contributed by atoms with van der Waals surface area (Å²) in [5, 5.41) is 9.06. The predicted molar refractivity (Wildman–Crippen MR) is 55.9 cm³/mol. The number of nitrogens with two attached hydrogens (primary N) is 1. The van der Waals surface area contributed by atoms with E-state index in [-0.39, 0.29) is 6.61 Å². The van der Waals surface area contributed by atoms with E-state index in [1.54, 1.807) is 0 Å². The van der Waals surface area contributed by atoms with Crippen molar-refractivity contribution in [2.45, 2.75) is 25.7 Å². The van der Waals surface area contributed by atoms with Gasteiger partial charge in [-0.3, -0.25) is 4.79 Å². The van der Waals surface area contributed by atoms with Crippen LogP contribution < -0.4 is 5.73 Å². The maximum atomic E-state index is 11.3. The van der Waals surface area contributed by atoms with Crippen LogP contribution in [0.4, 0.5) is 0 Å². The molecule has 1 aromatic rings. The molecule has 4 nitrogen and oxygen atoms in total. The van der Waals surface area contributed by atoms with E-state index in [0.29, 0.717) is 0 Å². The number of hydrogen-bond donors (Lipinski definition) is 2. The number of ether oxygens (including phenoxy) is 1. The monoisotopic (exact) mass is 209 g/mol. The number of rotatable bonds is 4. The molecule has 0 radical (unpaired) electrons. The van der Waals surface area contributed by atoms with E-state index in [4.69, 9.17) is 15.6 Å². The fraction of sp³-hybridized carbons (Fsp3) is 0.364. The summed E-state index contributed by atoms with van der Waals surface area (Å²) in [5.41, 5.74) is 6.29. The Hall–Kier alpha value is -1.39. The zero-order valence-corrected chi connectivity index (χ0v) is 8.59. The number of aliphatic hydroxyl groups is 1. The van der Waals surface area contributed by atoms with Gasteiger partial charge in [0, 0.05) is 0 Å². The first-order valence-electron chi connectivity index (χ1n) is 4.75. The molecule has 15 heavy (non-hydrogen) atoms. The molecule has 1 unspecified atom stereocenters. The molecule has 3 N–H and O–H groups in total. The van der Waals surface area contributed by atoms with E-state index in [0.717, 1.165) is 5.56 Å². The van der Waals surface area contributed by atoms with Crippen molar-refractivity contribution in [3.63, 3.8) is 0 Å². The summed E-state index contributed by atoms with van der Waals surface area (Å²) < 4.78 is 4.93. The molecule has 2 atom stereocenters. The summed E-state index contributed by atoms with van der Waals surface area (Å²) in [5.74, 6) is -0.589. The number of aliphatic hydroxyl groups excluding tert-OH is 1. The normalized spacial score (nSPS) is 14.3. The molecule has 1 rings (SSSR count). The maximum Gasteiger partial charge on any atom is 0.325 e. The number of carbonyl (C=O) groups is 1. The van der Waals surface area contributed by atoms with Gasteiger partial charge in [-0.05, 0) is 12.5 Å². The minimum absolute atomic E-state index is 0.181. The molecule has 0 bridgehead atoms. The van der Waals surface area contributed by atoms with Crippen molar-refractivity contribution in [1.82, 2.24) is 0 Å². The second-order valence-electron chi connectivity index (χ2n) is 3.36. The van der Waals surface area contributed by atoms with Crippen LogP contribution in [0.3, 0.4) is 0 Å². The van der Waals surface area contributed by atoms with Gasteiger partial charge in [-0.1, -0.05) is 30.3 Å². The van der Waals surface area contributed by atoms with Crippen molar-refractivity contribution in [3.05, 3.63) is 35.9 Å². The molecule has 0 aliphatic carbocycles. The van der Waals surface area contributed by atoms with Crippen LogP contribution in [-0.2, 0) is 16.1 Å². The molecule has 0 amide bonds. The average molecular weight is 209 g/mol. The molecule has 0 aliphatic heterocycles. The Labute approximate surface area is 88.7 Å². The molecule has 0 saturated heterocycles. The largest absolute Gasteiger partial charge is 0.460 e. The third-order valence-corrected chi connectivity index (χ3v) is 2.02. The zero-order valence-electron chi connectivity index (χ0n) is 8.59. The van der Waals surface area contributed by atoms with Gasteiger partial charge in [-0.15, -0.1) is 0 Å². The first kappa shape index (κ1) is 11.7. The molecule has 4 heteroatoms. The predicted octanol–water partition coefficient (Wildman–Crippen LogP) is 0.438. The van der Waals surface area contributed by atoms with E-state index >= 15 is 0 Å². The van der Waals surface area contributed by atoms with Gasteiger partial charge in [0.05, 0.1) is 6.10 Å². The molecule has 0 saturated carbocycles. The van der Waals surface area contributed by atoms with Crippen LogP contribution in [0.2, 0.25) is 0 Å². The lowest BCUT2D eigenvalue weighted by atomic mass is 10.2. The Kier molecular flexibility index (Phi) is 4.27. The van der Waals surface area contributed by atoms with Crippen LogP contribution in [0.15, 0.2) is 30.3 Å². The Morgan fingerprint density at radius 2 is 2.07 bits per heavy atom. The van der Waals surface area contributed by atoms with E-state index in [9.17, 15) is 4.79 Å². The van der Waals surface area contributed by atoms with Gasteiger partial charge in [0.1, 0.15) is 12.6 Å². The maximum absolute atomic E-state index is 11.3. The molecule has 0 heterocycles. The highest BCUT2D eigenvalue weighted by Crippen LogP contribution is 2.02. The fourth-order valence-corrected chi connectivity index (χ4v) is 1.02.